The molecule has 1 aromatic rings. The van der Waals surface area contributed by atoms with Crippen LogP contribution in [0, 0.1) is 0 Å². The average Bonchev–Trinajstić information content (AvgIpc) is 2.81. The van der Waals surface area contributed by atoms with Crippen molar-refractivity contribution in [2.45, 2.75) is 19.8 Å². The molecule has 0 bridgehead atoms. The maximum atomic E-state index is 11.8. The molecule has 0 aliphatic carbocycles. The van der Waals surface area contributed by atoms with Gasteiger partial charge in [0.1, 0.15) is 0 Å². The molecule has 1 heterocycles. The Morgan fingerprint density at radius 3 is 2.95 bits per heavy atom. The Hall–Kier alpha value is -2.24. The Morgan fingerprint density at radius 1 is 1.40 bits per heavy atom. The SMILES string of the molecule is CCCNC(=O)NC(=O)CN1CCc2cccc(N)c21. The zero-order valence-electron chi connectivity index (χ0n) is 11.6. The van der Waals surface area contributed by atoms with Crippen molar-refractivity contribution in [1.29, 1.82) is 0 Å². The number of benzene rings is 1. The van der Waals surface area contributed by atoms with E-state index < -0.39 is 6.03 Å². The van der Waals surface area contributed by atoms with Crippen LogP contribution in [0.3, 0.4) is 0 Å². The van der Waals surface area contributed by atoms with Crippen LogP contribution in [0.4, 0.5) is 16.2 Å². The first-order valence-corrected chi connectivity index (χ1v) is 6.81. The van der Waals surface area contributed by atoms with Crippen molar-refractivity contribution in [3.05, 3.63) is 23.8 Å². The van der Waals surface area contributed by atoms with E-state index in [9.17, 15) is 9.59 Å². The Bertz CT molecular complexity index is 516. The zero-order chi connectivity index (χ0) is 14.5. The number of para-hydroxylation sites is 1. The molecule has 0 spiro atoms. The molecule has 3 amide bonds. The first-order chi connectivity index (χ1) is 9.61. The van der Waals surface area contributed by atoms with Gasteiger partial charge in [0.25, 0.3) is 0 Å². The number of nitrogen functional groups attached to an aromatic ring is 1. The molecule has 4 N–H and O–H groups in total. The molecule has 0 fully saturated rings. The maximum absolute atomic E-state index is 11.8. The first-order valence-electron chi connectivity index (χ1n) is 6.81. The summed E-state index contributed by atoms with van der Waals surface area (Å²) in [6.45, 7) is 3.39. The third-order valence-corrected chi connectivity index (χ3v) is 3.24. The van der Waals surface area contributed by atoms with Crippen molar-refractivity contribution in [3.8, 4) is 0 Å². The van der Waals surface area contributed by atoms with Gasteiger partial charge in [0.15, 0.2) is 0 Å². The van der Waals surface area contributed by atoms with Crippen LogP contribution < -0.4 is 21.3 Å². The average molecular weight is 276 g/mol. The van der Waals surface area contributed by atoms with E-state index in [-0.39, 0.29) is 12.5 Å². The van der Waals surface area contributed by atoms with E-state index in [4.69, 9.17) is 5.73 Å². The Morgan fingerprint density at radius 2 is 2.20 bits per heavy atom. The van der Waals surface area contributed by atoms with E-state index in [1.165, 1.54) is 0 Å². The lowest BCUT2D eigenvalue weighted by Gasteiger charge is -2.20. The number of nitrogens with two attached hydrogens (primary N) is 1. The fourth-order valence-corrected chi connectivity index (χ4v) is 2.35. The molecule has 6 nitrogen and oxygen atoms in total. The molecule has 0 atom stereocenters. The summed E-state index contributed by atoms with van der Waals surface area (Å²) in [4.78, 5) is 25.2. The van der Waals surface area contributed by atoms with E-state index in [0.29, 0.717) is 12.2 Å². The second-order valence-electron chi connectivity index (χ2n) is 4.83. The standard InChI is InChI=1S/C14H20N4O2/c1-2-7-16-14(20)17-12(19)9-18-8-6-10-4-3-5-11(15)13(10)18/h3-5H,2,6-9,15H2,1H3,(H2,16,17,19,20). The summed E-state index contributed by atoms with van der Waals surface area (Å²) in [5.74, 6) is -0.324. The molecule has 0 radical (unpaired) electrons. The molecule has 20 heavy (non-hydrogen) atoms. The van der Waals surface area contributed by atoms with Crippen LogP contribution in [0.15, 0.2) is 18.2 Å². The highest BCUT2D eigenvalue weighted by Crippen LogP contribution is 2.33. The lowest BCUT2D eigenvalue weighted by molar-refractivity contribution is -0.118. The Balaban J connectivity index is 1.93. The Labute approximate surface area is 118 Å². The second kappa shape index (κ2) is 6.27. The number of anilines is 2. The van der Waals surface area contributed by atoms with Crippen LogP contribution in [0.2, 0.25) is 0 Å². The van der Waals surface area contributed by atoms with Crippen LogP contribution in [0.1, 0.15) is 18.9 Å². The van der Waals surface area contributed by atoms with Crippen molar-refractivity contribution in [2.75, 3.05) is 30.3 Å². The van der Waals surface area contributed by atoms with Crippen LogP contribution in [-0.2, 0) is 11.2 Å². The fraction of sp³-hybridized carbons (Fsp3) is 0.429. The number of imide groups is 1. The van der Waals surface area contributed by atoms with Gasteiger partial charge in [0.2, 0.25) is 5.91 Å². The van der Waals surface area contributed by atoms with Crippen molar-refractivity contribution >= 4 is 23.3 Å². The largest absolute Gasteiger partial charge is 0.397 e. The molecule has 108 valence electrons. The summed E-state index contributed by atoms with van der Waals surface area (Å²) in [6, 6.07) is 5.30. The number of nitrogens with zero attached hydrogens (tertiary/aromatic N) is 1. The van der Waals surface area contributed by atoms with Gasteiger partial charge in [-0.1, -0.05) is 19.1 Å². The first kappa shape index (κ1) is 14.2. The molecule has 1 aliphatic rings. The van der Waals surface area contributed by atoms with Crippen molar-refractivity contribution < 1.29 is 9.59 Å². The normalized spacial score (nSPS) is 12.9. The number of nitrogens with one attached hydrogen (secondary N) is 2. The molecule has 1 aromatic carbocycles. The van der Waals surface area contributed by atoms with E-state index >= 15 is 0 Å². The van der Waals surface area contributed by atoms with Crippen LogP contribution in [0.5, 0.6) is 0 Å². The maximum Gasteiger partial charge on any atom is 0.321 e. The number of fused-ring (bicyclic) bond motifs is 1. The Kier molecular flexibility index (Phi) is 4.45. The minimum Gasteiger partial charge on any atom is -0.397 e. The predicted octanol–water partition coefficient (Wildman–Crippen LogP) is 0.867. The van der Waals surface area contributed by atoms with Gasteiger partial charge in [-0.2, -0.15) is 0 Å². The van der Waals surface area contributed by atoms with Crippen LogP contribution in [-0.4, -0.2) is 31.6 Å². The fourth-order valence-electron chi connectivity index (χ4n) is 2.35. The molecule has 0 aromatic heterocycles. The van der Waals surface area contributed by atoms with Crippen molar-refractivity contribution in [2.24, 2.45) is 0 Å². The van der Waals surface area contributed by atoms with E-state index in [1.54, 1.807) is 0 Å². The summed E-state index contributed by atoms with van der Waals surface area (Å²) in [5.41, 5.74) is 8.68. The van der Waals surface area contributed by atoms with Gasteiger partial charge in [-0.3, -0.25) is 10.1 Å². The summed E-state index contributed by atoms with van der Waals surface area (Å²) in [6.07, 6.45) is 1.70. The summed E-state index contributed by atoms with van der Waals surface area (Å²) in [5, 5.41) is 4.93. The van der Waals surface area contributed by atoms with Gasteiger partial charge < -0.3 is 16.0 Å². The van der Waals surface area contributed by atoms with Gasteiger partial charge >= 0.3 is 6.03 Å². The highest BCUT2D eigenvalue weighted by molar-refractivity contribution is 5.97. The number of carbonyl (C=O) groups is 2. The van der Waals surface area contributed by atoms with Gasteiger partial charge in [0.05, 0.1) is 17.9 Å². The number of hydrogen-bond acceptors (Lipinski definition) is 4. The van der Waals surface area contributed by atoms with Gasteiger partial charge in [-0.25, -0.2) is 4.79 Å². The smallest absolute Gasteiger partial charge is 0.321 e. The minimum atomic E-state index is -0.447. The number of hydrogen-bond donors (Lipinski definition) is 3. The minimum absolute atomic E-state index is 0.140. The van der Waals surface area contributed by atoms with Crippen LogP contribution >= 0.6 is 0 Å². The highest BCUT2D eigenvalue weighted by atomic mass is 16.2. The lowest BCUT2D eigenvalue weighted by Crippen LogP contribution is -2.44. The van der Waals surface area contributed by atoms with Gasteiger partial charge in [-0.05, 0) is 24.5 Å². The quantitative estimate of drug-likeness (QED) is 0.712. The van der Waals surface area contributed by atoms with Gasteiger partial charge in [-0.15, -0.1) is 0 Å². The molecule has 2 rings (SSSR count). The molecular formula is C14H20N4O2. The molecular weight excluding hydrogens is 256 g/mol. The van der Waals surface area contributed by atoms with E-state index in [1.807, 2.05) is 30.0 Å². The van der Waals surface area contributed by atoms with Crippen LogP contribution in [0.25, 0.3) is 0 Å². The summed E-state index contributed by atoms with van der Waals surface area (Å²) in [7, 11) is 0. The lowest BCUT2D eigenvalue weighted by atomic mass is 10.1. The second-order valence-corrected chi connectivity index (χ2v) is 4.83. The zero-order valence-corrected chi connectivity index (χ0v) is 11.6. The number of rotatable bonds is 4. The van der Waals surface area contributed by atoms with E-state index in [0.717, 1.165) is 30.6 Å². The monoisotopic (exact) mass is 276 g/mol. The molecule has 0 saturated heterocycles. The predicted molar refractivity (Wildman–Crippen MR) is 78.6 cm³/mol. The summed E-state index contributed by atoms with van der Waals surface area (Å²) >= 11 is 0. The van der Waals surface area contributed by atoms with Gasteiger partial charge in [0, 0.05) is 13.1 Å². The summed E-state index contributed by atoms with van der Waals surface area (Å²) < 4.78 is 0. The number of urea groups is 1. The van der Waals surface area contributed by atoms with E-state index in [2.05, 4.69) is 10.6 Å². The van der Waals surface area contributed by atoms with Crippen molar-refractivity contribution in [1.82, 2.24) is 10.6 Å². The topological polar surface area (TPSA) is 87.5 Å². The molecule has 0 saturated carbocycles. The third-order valence-electron chi connectivity index (χ3n) is 3.24. The molecule has 0 unspecified atom stereocenters. The number of amides is 3. The van der Waals surface area contributed by atoms with Crippen molar-refractivity contribution in [3.63, 3.8) is 0 Å². The molecule has 6 heteroatoms. The molecule has 1 aliphatic heterocycles. The highest BCUT2D eigenvalue weighted by Gasteiger charge is 2.23. The third kappa shape index (κ3) is 3.20. The number of carbonyl (C=O) groups excluding carboxylic acids is 2.